The van der Waals surface area contributed by atoms with Crippen LogP contribution in [-0.2, 0) is 4.74 Å². The number of ether oxygens (including phenoxy) is 1. The predicted molar refractivity (Wildman–Crippen MR) is 113 cm³/mol. The number of anilines is 1. The van der Waals surface area contributed by atoms with Crippen molar-refractivity contribution < 1.29 is 9.15 Å². The molecular formula is C23H33N3O2. The van der Waals surface area contributed by atoms with Crippen molar-refractivity contribution in [2.45, 2.75) is 64.7 Å². The molecule has 0 amide bonds. The number of oxazole rings is 1. The Balaban J connectivity index is 1.25. The van der Waals surface area contributed by atoms with Crippen LogP contribution in [0.3, 0.4) is 0 Å². The Hall–Kier alpha value is -1.85. The Morgan fingerprint density at radius 2 is 1.57 bits per heavy atom. The summed E-state index contributed by atoms with van der Waals surface area (Å²) in [4.78, 5) is 9.21. The molecule has 0 unspecified atom stereocenters. The number of aromatic nitrogens is 1. The molecule has 0 atom stereocenters. The third kappa shape index (κ3) is 4.58. The van der Waals surface area contributed by atoms with Gasteiger partial charge in [-0.15, -0.1) is 0 Å². The third-order valence-corrected chi connectivity index (χ3v) is 6.17. The van der Waals surface area contributed by atoms with Gasteiger partial charge in [0.05, 0.1) is 18.4 Å². The highest BCUT2D eigenvalue weighted by Gasteiger charge is 2.26. The molecule has 0 N–H and O–H groups in total. The second-order valence-corrected chi connectivity index (χ2v) is 8.44. The molecule has 0 radical (unpaired) electrons. The van der Waals surface area contributed by atoms with E-state index in [4.69, 9.17) is 9.15 Å². The zero-order chi connectivity index (χ0) is 19.5. The van der Waals surface area contributed by atoms with Gasteiger partial charge >= 0.3 is 0 Å². The summed E-state index contributed by atoms with van der Waals surface area (Å²) in [6.45, 7) is 10.9. The van der Waals surface area contributed by atoms with E-state index in [1.807, 2.05) is 6.92 Å². The van der Waals surface area contributed by atoms with Crippen LogP contribution in [0.2, 0.25) is 0 Å². The van der Waals surface area contributed by atoms with Gasteiger partial charge in [0.1, 0.15) is 0 Å². The number of nitrogens with zero attached hydrogens (tertiary/aromatic N) is 3. The van der Waals surface area contributed by atoms with Gasteiger partial charge in [0.15, 0.2) is 11.7 Å². The van der Waals surface area contributed by atoms with Gasteiger partial charge in [-0.1, -0.05) is 0 Å². The van der Waals surface area contributed by atoms with Crippen molar-refractivity contribution in [3.05, 3.63) is 36.4 Å². The summed E-state index contributed by atoms with van der Waals surface area (Å²) in [5.41, 5.74) is 2.36. The largest absolute Gasteiger partial charge is 0.441 e. The van der Waals surface area contributed by atoms with Crippen LogP contribution in [0.25, 0.3) is 11.3 Å². The number of rotatable bonds is 5. The van der Waals surface area contributed by atoms with E-state index in [9.17, 15) is 0 Å². The van der Waals surface area contributed by atoms with Crippen molar-refractivity contribution >= 4 is 5.69 Å². The zero-order valence-corrected chi connectivity index (χ0v) is 17.4. The van der Waals surface area contributed by atoms with E-state index < -0.39 is 0 Å². The van der Waals surface area contributed by atoms with E-state index in [1.165, 1.54) is 31.6 Å². The quantitative estimate of drug-likeness (QED) is 0.760. The fourth-order valence-electron chi connectivity index (χ4n) is 4.38. The molecule has 2 fully saturated rings. The van der Waals surface area contributed by atoms with Crippen molar-refractivity contribution in [2.24, 2.45) is 0 Å². The maximum Gasteiger partial charge on any atom is 0.191 e. The summed E-state index contributed by atoms with van der Waals surface area (Å²) in [6.07, 6.45) is 7.27. The normalized spacial score (nSPS) is 20.2. The minimum absolute atomic E-state index is 0.420. The van der Waals surface area contributed by atoms with Crippen LogP contribution in [0.4, 0.5) is 5.69 Å². The van der Waals surface area contributed by atoms with Crippen molar-refractivity contribution in [1.29, 1.82) is 0 Å². The first kappa shape index (κ1) is 19.5. The molecule has 2 aliphatic rings. The smallest absolute Gasteiger partial charge is 0.191 e. The molecule has 1 aromatic heterocycles. The van der Waals surface area contributed by atoms with E-state index in [0.29, 0.717) is 24.1 Å². The van der Waals surface area contributed by atoms with Crippen LogP contribution in [0.15, 0.2) is 34.9 Å². The lowest BCUT2D eigenvalue weighted by molar-refractivity contribution is -0.0540. The van der Waals surface area contributed by atoms with Crippen molar-refractivity contribution in [2.75, 3.05) is 31.1 Å². The van der Waals surface area contributed by atoms with Gasteiger partial charge < -0.3 is 19.0 Å². The monoisotopic (exact) mass is 383 g/mol. The van der Waals surface area contributed by atoms with Crippen LogP contribution in [0.1, 0.15) is 45.4 Å². The maximum absolute atomic E-state index is 6.45. The van der Waals surface area contributed by atoms with Gasteiger partial charge in [0.25, 0.3) is 0 Å². The molecule has 5 nitrogen and oxygen atoms in total. The molecule has 3 heterocycles. The number of likely N-dealkylation sites (tertiary alicyclic amines) is 1. The molecule has 2 aromatic rings. The summed E-state index contributed by atoms with van der Waals surface area (Å²) in [5, 5.41) is 0. The van der Waals surface area contributed by atoms with Crippen LogP contribution in [-0.4, -0.2) is 54.3 Å². The van der Waals surface area contributed by atoms with E-state index in [1.54, 1.807) is 6.20 Å². The van der Waals surface area contributed by atoms with Gasteiger partial charge in [-0.05, 0) is 63.8 Å². The molecule has 0 bridgehead atoms. The highest BCUT2D eigenvalue weighted by molar-refractivity contribution is 5.61. The summed E-state index contributed by atoms with van der Waals surface area (Å²) in [5.74, 6) is 1.54. The first-order valence-electron chi connectivity index (χ1n) is 10.8. The van der Waals surface area contributed by atoms with E-state index in [2.05, 4.69) is 52.9 Å². The number of aryl methyl sites for hydroxylation is 1. The maximum atomic E-state index is 6.45. The SMILES string of the molecule is Cc1ncc(-c2ccc(N3CCC(OC4CCN(C(C)C)CC4)CC3)cc2)o1. The van der Waals surface area contributed by atoms with Crippen molar-refractivity contribution in [3.8, 4) is 11.3 Å². The second-order valence-electron chi connectivity index (χ2n) is 8.44. The molecule has 0 aliphatic carbocycles. The molecule has 2 saturated heterocycles. The standard InChI is InChI=1S/C23H33N3O2/c1-17(2)25-12-8-21(9-13-25)28-22-10-14-26(15-11-22)20-6-4-19(5-7-20)23-16-24-18(3)27-23/h4-7,16-17,21-22H,8-15H2,1-3H3. The summed E-state index contributed by atoms with van der Waals surface area (Å²) >= 11 is 0. The van der Waals surface area contributed by atoms with Crippen molar-refractivity contribution in [1.82, 2.24) is 9.88 Å². The fraction of sp³-hybridized carbons (Fsp3) is 0.609. The highest BCUT2D eigenvalue weighted by atomic mass is 16.5. The highest BCUT2D eigenvalue weighted by Crippen LogP contribution is 2.27. The molecule has 152 valence electrons. The fourth-order valence-corrected chi connectivity index (χ4v) is 4.38. The molecular weight excluding hydrogens is 350 g/mol. The first-order valence-corrected chi connectivity index (χ1v) is 10.8. The molecule has 28 heavy (non-hydrogen) atoms. The lowest BCUT2D eigenvalue weighted by atomic mass is 10.0. The minimum Gasteiger partial charge on any atom is -0.441 e. The van der Waals surface area contributed by atoms with Crippen molar-refractivity contribution in [3.63, 3.8) is 0 Å². The van der Waals surface area contributed by atoms with Gasteiger partial charge in [-0.3, -0.25) is 0 Å². The minimum atomic E-state index is 0.420. The average molecular weight is 384 g/mol. The van der Waals surface area contributed by atoms with Crippen LogP contribution >= 0.6 is 0 Å². The Labute approximate surface area is 168 Å². The molecule has 0 spiro atoms. The lowest BCUT2D eigenvalue weighted by Crippen LogP contribution is -2.43. The number of hydrogen-bond donors (Lipinski definition) is 0. The second kappa shape index (κ2) is 8.66. The van der Waals surface area contributed by atoms with Gasteiger partial charge in [-0.25, -0.2) is 4.98 Å². The molecule has 0 saturated carbocycles. The third-order valence-electron chi connectivity index (χ3n) is 6.17. The van der Waals surface area contributed by atoms with E-state index >= 15 is 0 Å². The van der Waals surface area contributed by atoms with Gasteiger partial charge in [-0.2, -0.15) is 0 Å². The summed E-state index contributed by atoms with van der Waals surface area (Å²) in [7, 11) is 0. The zero-order valence-electron chi connectivity index (χ0n) is 17.4. The van der Waals surface area contributed by atoms with Crippen LogP contribution in [0, 0.1) is 6.92 Å². The number of piperidine rings is 2. The molecule has 4 rings (SSSR count). The Morgan fingerprint density at radius 1 is 0.964 bits per heavy atom. The topological polar surface area (TPSA) is 41.7 Å². The number of hydrogen-bond acceptors (Lipinski definition) is 5. The predicted octanol–water partition coefficient (Wildman–Crippen LogP) is 4.51. The average Bonchev–Trinajstić information content (AvgIpc) is 3.15. The van der Waals surface area contributed by atoms with Crippen LogP contribution < -0.4 is 4.90 Å². The Bertz CT molecular complexity index is 739. The van der Waals surface area contributed by atoms with Gasteiger partial charge in [0.2, 0.25) is 0 Å². The summed E-state index contributed by atoms with van der Waals surface area (Å²) in [6, 6.07) is 9.29. The molecule has 1 aromatic carbocycles. The Morgan fingerprint density at radius 3 is 2.11 bits per heavy atom. The Kier molecular flexibility index (Phi) is 6.02. The van der Waals surface area contributed by atoms with E-state index in [0.717, 1.165) is 37.3 Å². The van der Waals surface area contributed by atoms with Crippen LogP contribution in [0.5, 0.6) is 0 Å². The number of benzene rings is 1. The van der Waals surface area contributed by atoms with Gasteiger partial charge in [0, 0.05) is 50.4 Å². The summed E-state index contributed by atoms with van der Waals surface area (Å²) < 4.78 is 12.1. The molecule has 5 heteroatoms. The first-order chi connectivity index (χ1) is 13.6. The lowest BCUT2D eigenvalue weighted by Gasteiger charge is -2.38. The van der Waals surface area contributed by atoms with E-state index in [-0.39, 0.29) is 0 Å². The molecule has 2 aliphatic heterocycles.